The molecule has 150 heavy (non-hydrogen) atoms. The minimum absolute atomic E-state index is 0.0515. The van der Waals surface area contributed by atoms with Crippen molar-refractivity contribution in [3.05, 3.63) is 207 Å². The zero-order chi connectivity index (χ0) is 107. The first-order valence-corrected chi connectivity index (χ1v) is 66.1. The number of pyridine rings is 4. The maximum Gasteiger partial charge on any atom is 0.263 e. The predicted molar refractivity (Wildman–Crippen MR) is 615 cm³/mol. The van der Waals surface area contributed by atoms with Gasteiger partial charge in [0.15, 0.2) is 23.3 Å². The van der Waals surface area contributed by atoms with Crippen molar-refractivity contribution in [2.24, 2.45) is 0 Å². The van der Waals surface area contributed by atoms with Gasteiger partial charge in [-0.2, -0.15) is 0 Å². The van der Waals surface area contributed by atoms with Crippen LogP contribution in [0.25, 0.3) is 130 Å². The molecule has 19 rings (SSSR count). The molecule has 0 radical (unpaired) electrons. The zero-order valence-corrected chi connectivity index (χ0v) is 96.0. The van der Waals surface area contributed by atoms with Crippen LogP contribution in [0.1, 0.15) is 43.0 Å². The van der Waals surface area contributed by atoms with Gasteiger partial charge < -0.3 is 68.7 Å². The van der Waals surface area contributed by atoms with Gasteiger partial charge in [-0.15, -0.1) is 45.3 Å². The number of aliphatic hydroxyl groups excluding tert-OH is 2. The van der Waals surface area contributed by atoms with Crippen LogP contribution < -0.4 is 41.8 Å². The van der Waals surface area contributed by atoms with Gasteiger partial charge in [-0.25, -0.2) is 19.9 Å². The Morgan fingerprint density at radius 2 is 0.707 bits per heavy atom. The van der Waals surface area contributed by atoms with Crippen LogP contribution in [0.4, 0.5) is 0 Å². The van der Waals surface area contributed by atoms with Gasteiger partial charge in [-0.05, 0) is 208 Å². The number of hydrogen-bond donors (Lipinski definition) is 5. The van der Waals surface area contributed by atoms with E-state index in [1.165, 1.54) is 10.6 Å². The van der Waals surface area contributed by atoms with Crippen LogP contribution in [0.5, 0.6) is 23.0 Å². The van der Waals surface area contributed by atoms with Crippen molar-refractivity contribution in [3.63, 3.8) is 0 Å². The minimum Gasteiger partial charge on any atom is -0.508 e. The molecule has 5 N–H and O–H groups in total. The van der Waals surface area contributed by atoms with Gasteiger partial charge in [0.2, 0.25) is 17.7 Å². The van der Waals surface area contributed by atoms with E-state index in [2.05, 4.69) is 121 Å². The lowest BCUT2D eigenvalue weighted by atomic mass is 10.1. The van der Waals surface area contributed by atoms with Crippen molar-refractivity contribution < 1.29 is 58.1 Å². The van der Waals surface area contributed by atoms with E-state index >= 15 is 0 Å². The summed E-state index contributed by atoms with van der Waals surface area (Å²) >= 11 is 9.52. The molecule has 0 saturated carbocycles. The van der Waals surface area contributed by atoms with Gasteiger partial charge in [0.05, 0.1) is 75.6 Å². The summed E-state index contributed by atoms with van der Waals surface area (Å²) in [6, 6.07) is 33.0. The Kier molecular flexibility index (Phi) is 39.9. The number of fused-ring (bicyclic) bond motifs is 8. The van der Waals surface area contributed by atoms with Crippen LogP contribution in [0, 0.1) is 27.7 Å². The maximum absolute atomic E-state index is 14.0. The molecule has 16 aromatic rings. The number of nitrogens with zero attached hydrogens (tertiary/aromatic N) is 16. The number of carbonyl (C=O) groups excluding carboxylic acids is 3. The number of carbonyl (C=O) groups is 3. The SMILES string of the molecule is CC(=O)N1CCN(CCOc2cc(C)c3nc(-c4cc5ccsc5cn4)[nH]c(=O)c3c2)CC1.CC(=O)N1CCN(CCOc2cc(C)c3nc(-c4cc5ccsc5cn4)n(COCC[Si](C)(C)C)c(=O)c3c2)CC1.CC(=O)N1CCNCC1.Cc1cc(O)cc2c(=O)n(COCC[Si](C)(C)C)c(-c3cc4ccsc4cn3)nc12.Cc1cc(OCCO)cc2c(=O)n(COCC[Si](C)(C)C)c(-c3cc4ccsc4cn3)nc12.OCCBr. The van der Waals surface area contributed by atoms with E-state index in [9.17, 15) is 38.7 Å². The summed E-state index contributed by atoms with van der Waals surface area (Å²) in [7, 11) is -3.78. The average molecular weight is 2230 g/mol. The summed E-state index contributed by atoms with van der Waals surface area (Å²) in [5.41, 5.74) is 7.50. The van der Waals surface area contributed by atoms with Crippen molar-refractivity contribution in [3.8, 4) is 69.1 Å². The lowest BCUT2D eigenvalue weighted by Crippen LogP contribution is -2.48. The monoisotopic (exact) mass is 2230 g/mol. The number of aromatic nitrogens is 12. The van der Waals surface area contributed by atoms with E-state index in [0.717, 1.165) is 172 Å². The van der Waals surface area contributed by atoms with Crippen LogP contribution in [0.2, 0.25) is 77.1 Å². The van der Waals surface area contributed by atoms with E-state index < -0.39 is 24.2 Å². The summed E-state index contributed by atoms with van der Waals surface area (Å²) in [5.74, 6) is 4.25. The van der Waals surface area contributed by atoms with E-state index in [1.807, 2.05) is 149 Å². The number of H-pyrrole nitrogens is 1. The number of halogens is 1. The number of rotatable bonds is 31. The number of ether oxygens (including phenoxy) is 6. The van der Waals surface area contributed by atoms with Gasteiger partial charge in [0.25, 0.3) is 22.2 Å². The molecule has 15 heterocycles. The zero-order valence-electron chi connectivity index (χ0n) is 88.2. The number of thiophene rings is 4. The number of piperazine rings is 3. The third-order valence-electron chi connectivity index (χ3n) is 25.6. The molecule has 12 aromatic heterocycles. The Hall–Kier alpha value is -11.7. The molecule has 0 bridgehead atoms. The number of benzene rings is 4. The highest BCUT2D eigenvalue weighted by atomic mass is 79.9. The van der Waals surface area contributed by atoms with Crippen LogP contribution >= 0.6 is 61.3 Å². The number of phenolic OH excluding ortho intramolecular Hbond substituents is 1. The van der Waals surface area contributed by atoms with Crippen molar-refractivity contribution in [1.29, 1.82) is 0 Å². The van der Waals surface area contributed by atoms with E-state index in [-0.39, 0.29) is 85.7 Å². The third-order valence-corrected chi connectivity index (χ3v) is 34.5. The topological polar surface area (TPSA) is 397 Å². The predicted octanol–water partition coefficient (Wildman–Crippen LogP) is 17.4. The van der Waals surface area contributed by atoms with E-state index in [0.29, 0.717) is 145 Å². The normalized spacial score (nSPS) is 13.7. The second-order valence-corrected chi connectivity index (χ2v) is 62.2. The highest BCUT2D eigenvalue weighted by molar-refractivity contribution is 9.09. The maximum atomic E-state index is 14.0. The summed E-state index contributed by atoms with van der Waals surface area (Å²) in [6.45, 7) is 48.0. The number of alkyl halides is 1. The van der Waals surface area contributed by atoms with Crippen LogP contribution in [0.15, 0.2) is 163 Å². The molecule has 0 aliphatic carbocycles. The number of amides is 3. The Balaban J connectivity index is 0.000000152. The number of phenols is 1. The fourth-order valence-corrected chi connectivity index (χ4v) is 22.2. The van der Waals surface area contributed by atoms with Crippen molar-refractivity contribution in [1.82, 2.24) is 88.4 Å². The molecule has 796 valence electrons. The van der Waals surface area contributed by atoms with Crippen molar-refractivity contribution >= 4 is 187 Å². The molecular formula is C108H135BrN18O16S4Si3. The van der Waals surface area contributed by atoms with Gasteiger partial charge in [-0.1, -0.05) is 74.9 Å². The molecule has 3 aliphatic rings. The Morgan fingerprint density at radius 1 is 0.393 bits per heavy atom. The first-order chi connectivity index (χ1) is 71.8. The van der Waals surface area contributed by atoms with Crippen molar-refractivity contribution in [2.75, 3.05) is 150 Å². The van der Waals surface area contributed by atoms with Gasteiger partial charge in [0.1, 0.15) is 85.8 Å². The van der Waals surface area contributed by atoms with Crippen molar-refractivity contribution in [2.45, 2.75) is 146 Å². The summed E-state index contributed by atoms with van der Waals surface area (Å²) in [4.78, 5) is 138. The number of hydrogen-bond acceptors (Lipinski definition) is 31. The number of nitrogens with one attached hydrogen (secondary N) is 2. The lowest BCUT2D eigenvalue weighted by Gasteiger charge is -2.34. The van der Waals surface area contributed by atoms with E-state index in [1.54, 1.807) is 99.5 Å². The fourth-order valence-electron chi connectivity index (χ4n) is 17.0. The number of aryl methyl sites for hydroxylation is 4. The fraction of sp³-hybridized carbons (Fsp3) is 0.417. The molecule has 3 aliphatic heterocycles. The number of aliphatic hydroxyl groups is 2. The quantitative estimate of drug-likeness (QED) is 0.0153. The summed E-state index contributed by atoms with van der Waals surface area (Å²) < 4.78 is 44.6. The summed E-state index contributed by atoms with van der Waals surface area (Å²) in [5, 5.41) is 45.0. The van der Waals surface area contributed by atoms with E-state index in [4.69, 9.17) is 58.6 Å². The molecular weight excluding hydrogens is 2100 g/mol. The Morgan fingerprint density at radius 3 is 1.04 bits per heavy atom. The second-order valence-electron chi connectivity index (χ2n) is 40.8. The molecule has 3 fully saturated rings. The Bertz CT molecular complexity index is 7690. The first kappa shape index (κ1) is 114. The molecule has 4 aromatic carbocycles. The largest absolute Gasteiger partial charge is 0.508 e. The molecule has 0 atom stereocenters. The second kappa shape index (κ2) is 52.6. The first-order valence-electron chi connectivity index (χ1n) is 50.3. The summed E-state index contributed by atoms with van der Waals surface area (Å²) in [6.07, 6.45) is 7.28. The number of aromatic amines is 1. The van der Waals surface area contributed by atoms with Gasteiger partial charge in [0, 0.05) is 187 Å². The molecule has 0 unspecified atom stereocenters. The highest BCUT2D eigenvalue weighted by Crippen LogP contribution is 2.35. The molecule has 3 saturated heterocycles. The molecule has 34 nitrogen and oxygen atoms in total. The van der Waals surface area contributed by atoms with Gasteiger partial charge in [-0.3, -0.25) is 77.0 Å². The lowest BCUT2D eigenvalue weighted by molar-refractivity contribution is -0.131. The van der Waals surface area contributed by atoms with Crippen LogP contribution in [-0.2, 0) is 48.8 Å². The standard InChI is InChI=1S/C30H39N5O4SSi.C24H25N5O3S.C24H29N3O4SSi.C22H25N3O3SSi.C6H12N2O.C2H5BrO/c1-21-16-24(39-12-11-33-7-9-34(10-8-33)22(2)36)18-25-28(21)32-29(26-17-23-6-14-40-27(23)19-31-26)35(30(25)37)20-38-13-15-41(3,4)5;1-15-11-18(32-9-8-28-4-6-29(7-5-28)16(2)30)13-19-22(15)26-23(27-24(19)31)20-12-17-3-10-33-21(17)14-25-20;1-16-11-18(31-7-6-28)13-19-22(16)26-23(20-12-17-5-9-32-21(17)14-25-20)27(24(19)29)15-30-8-10-33(2,3)4;1-14-9-16(26)11-17-20(14)24-21(18-10-15-5-7-29-19(15)12-23-18)25(22(17)27)13-28-6-8-30(2,3)4;1-6(9)8-4-2-7-3-5-8;3-1-2-4/h6,14,16-19H,7-13,15,20H2,1-5H3;3,10-14H,4-9H2,1-2H3,(H,26,27,31);5,9,11-14,28H,6-8,10,15H2,1-4H3;5,7,9-12,26H,6,8,13H2,1-4H3;7H,2-5H2,1H3;4H,1-2H2. The smallest absolute Gasteiger partial charge is 0.263 e. The Labute approximate surface area is 898 Å². The van der Waals surface area contributed by atoms with Crippen LogP contribution in [0.3, 0.4) is 0 Å². The molecule has 3 amide bonds. The highest BCUT2D eigenvalue weighted by Gasteiger charge is 2.27. The molecule has 42 heteroatoms. The molecule has 0 spiro atoms. The van der Waals surface area contributed by atoms with Crippen LogP contribution in [-0.4, -0.2) is 290 Å². The average Bonchev–Trinajstić information content (AvgIpc) is 0.989. The third kappa shape index (κ3) is 30.7. The number of aromatic hydroxyl groups is 1. The van der Waals surface area contributed by atoms with Gasteiger partial charge >= 0.3 is 0 Å². The minimum atomic E-state index is -1.28.